The highest BCUT2D eigenvalue weighted by Gasteiger charge is 2.36. The molecule has 0 aliphatic heterocycles. The van der Waals surface area contributed by atoms with Crippen LogP contribution in [0.25, 0.3) is 0 Å². The molecule has 0 aliphatic rings. The lowest BCUT2D eigenvalue weighted by Gasteiger charge is -2.13. The molecule has 2 rings (SSSR count). The Morgan fingerprint density at radius 2 is 1.85 bits per heavy atom. The molecule has 0 aliphatic carbocycles. The fraction of sp³-hybridized carbons (Fsp3) is 0.235. The number of nitrogens with zero attached hydrogens (tertiary/aromatic N) is 1. The molecule has 1 amide bonds. The van der Waals surface area contributed by atoms with E-state index in [-0.39, 0.29) is 0 Å². The summed E-state index contributed by atoms with van der Waals surface area (Å²) in [6.07, 6.45) is -4.02. The zero-order valence-electron chi connectivity index (χ0n) is 13.7. The molecular weight excluding hydrogens is 353 g/mol. The normalized spacial score (nSPS) is 11.1. The number of non-ortho nitro benzene ring substituents is 1. The number of nitro groups is 1. The van der Waals surface area contributed by atoms with Crippen LogP contribution in [0.5, 0.6) is 5.75 Å². The summed E-state index contributed by atoms with van der Waals surface area (Å²) in [5, 5.41) is 13.1. The molecule has 0 spiro atoms. The highest BCUT2D eigenvalue weighted by atomic mass is 19.4. The topological polar surface area (TPSA) is 81.5 Å². The van der Waals surface area contributed by atoms with Crippen LogP contribution in [-0.4, -0.2) is 17.4 Å². The molecule has 138 valence electrons. The first-order valence-electron chi connectivity index (χ1n) is 7.58. The Balaban J connectivity index is 2.07. The van der Waals surface area contributed by atoms with E-state index in [4.69, 9.17) is 4.74 Å². The number of nitro benzene ring substituents is 1. The summed E-state index contributed by atoms with van der Waals surface area (Å²) < 4.78 is 44.0. The van der Waals surface area contributed by atoms with E-state index in [2.05, 4.69) is 5.32 Å². The molecule has 0 fully saturated rings. The number of benzene rings is 2. The molecule has 9 heteroatoms. The van der Waals surface area contributed by atoms with E-state index in [1.165, 1.54) is 0 Å². The third-order valence-electron chi connectivity index (χ3n) is 3.48. The molecule has 0 saturated carbocycles. The van der Waals surface area contributed by atoms with Crippen LogP contribution in [0.1, 0.15) is 18.1 Å². The van der Waals surface area contributed by atoms with Crippen molar-refractivity contribution in [3.05, 3.63) is 63.7 Å². The minimum absolute atomic E-state index is 0.372. The number of hydrogen-bond donors (Lipinski definition) is 1. The number of halogens is 3. The lowest BCUT2D eigenvalue weighted by Crippen LogP contribution is -2.21. The van der Waals surface area contributed by atoms with Crippen LogP contribution in [0.2, 0.25) is 0 Å². The lowest BCUT2D eigenvalue weighted by molar-refractivity contribution is -0.385. The molecule has 2 aromatic rings. The molecule has 0 radical (unpaired) electrons. The molecule has 0 aromatic heterocycles. The maximum absolute atomic E-state index is 13.0. The number of carbonyl (C=O) groups excluding carboxylic acids is 1. The van der Waals surface area contributed by atoms with Gasteiger partial charge in [-0.15, -0.1) is 0 Å². The average molecular weight is 368 g/mol. The van der Waals surface area contributed by atoms with Gasteiger partial charge < -0.3 is 10.1 Å². The summed E-state index contributed by atoms with van der Waals surface area (Å²) in [7, 11) is 0. The van der Waals surface area contributed by atoms with Gasteiger partial charge >= 0.3 is 6.18 Å². The van der Waals surface area contributed by atoms with Crippen molar-refractivity contribution < 1.29 is 27.6 Å². The molecule has 0 saturated heterocycles. The summed E-state index contributed by atoms with van der Waals surface area (Å²) in [5.74, 6) is -1.31. The summed E-state index contributed by atoms with van der Waals surface area (Å²) in [4.78, 5) is 21.6. The van der Waals surface area contributed by atoms with Crippen LogP contribution in [0.3, 0.4) is 0 Å². The fourth-order valence-corrected chi connectivity index (χ4v) is 2.14. The number of anilines is 1. The number of carbonyl (C=O) groups is 1. The highest BCUT2D eigenvalue weighted by molar-refractivity contribution is 5.91. The van der Waals surface area contributed by atoms with E-state index < -0.39 is 40.6 Å². The maximum atomic E-state index is 13.0. The molecule has 0 bridgehead atoms. The number of hydrogen-bond acceptors (Lipinski definition) is 4. The van der Waals surface area contributed by atoms with E-state index in [0.717, 1.165) is 24.1 Å². The van der Waals surface area contributed by atoms with Crippen molar-refractivity contribution in [2.75, 3.05) is 11.9 Å². The monoisotopic (exact) mass is 368 g/mol. The molecule has 2 aromatic carbocycles. The molecular formula is C17H15F3N2O4. The van der Waals surface area contributed by atoms with E-state index in [0.29, 0.717) is 11.8 Å². The van der Waals surface area contributed by atoms with Gasteiger partial charge in [-0.3, -0.25) is 14.9 Å². The van der Waals surface area contributed by atoms with Gasteiger partial charge in [-0.1, -0.05) is 19.1 Å². The smallest absolute Gasteiger partial charge is 0.420 e. The van der Waals surface area contributed by atoms with Crippen molar-refractivity contribution in [1.29, 1.82) is 0 Å². The van der Waals surface area contributed by atoms with Crippen LogP contribution in [0.4, 0.5) is 24.5 Å². The average Bonchev–Trinajstić information content (AvgIpc) is 2.59. The van der Waals surface area contributed by atoms with Gasteiger partial charge in [0.15, 0.2) is 6.61 Å². The van der Waals surface area contributed by atoms with Crippen LogP contribution in [-0.2, 0) is 17.4 Å². The molecule has 0 atom stereocenters. The number of alkyl halides is 3. The standard InChI is InChI=1S/C17H15F3N2O4/c1-2-11-3-5-12(6-4-11)21-16(23)10-26-15-8-7-13(22(24)25)9-14(15)17(18,19)20/h3-9H,2,10H2,1H3,(H,21,23). The van der Waals surface area contributed by atoms with Crippen molar-refractivity contribution in [2.45, 2.75) is 19.5 Å². The minimum Gasteiger partial charge on any atom is -0.483 e. The molecule has 6 nitrogen and oxygen atoms in total. The molecule has 1 N–H and O–H groups in total. The highest BCUT2D eigenvalue weighted by Crippen LogP contribution is 2.38. The van der Waals surface area contributed by atoms with Crippen molar-refractivity contribution in [3.8, 4) is 5.75 Å². The van der Waals surface area contributed by atoms with Crippen molar-refractivity contribution in [3.63, 3.8) is 0 Å². The third-order valence-corrected chi connectivity index (χ3v) is 3.48. The van der Waals surface area contributed by atoms with Crippen LogP contribution < -0.4 is 10.1 Å². The van der Waals surface area contributed by atoms with Gasteiger partial charge in [0.05, 0.1) is 4.92 Å². The molecule has 26 heavy (non-hydrogen) atoms. The Morgan fingerprint density at radius 1 is 1.19 bits per heavy atom. The maximum Gasteiger partial charge on any atom is 0.420 e. The van der Waals surface area contributed by atoms with Gasteiger partial charge in [-0.25, -0.2) is 0 Å². The number of amides is 1. The van der Waals surface area contributed by atoms with E-state index in [1.54, 1.807) is 12.1 Å². The second-order valence-electron chi connectivity index (χ2n) is 5.32. The third kappa shape index (κ3) is 4.95. The number of rotatable bonds is 6. The Hall–Kier alpha value is -3.10. The van der Waals surface area contributed by atoms with Crippen molar-refractivity contribution in [1.82, 2.24) is 0 Å². The zero-order valence-corrected chi connectivity index (χ0v) is 13.7. The number of ether oxygens (including phenoxy) is 1. The summed E-state index contributed by atoms with van der Waals surface area (Å²) in [6.45, 7) is 1.31. The summed E-state index contributed by atoms with van der Waals surface area (Å²) in [5.41, 5.74) is -0.479. The Labute approximate surface area is 146 Å². The minimum atomic E-state index is -4.85. The quantitative estimate of drug-likeness (QED) is 0.612. The van der Waals surface area contributed by atoms with Gasteiger partial charge in [-0.05, 0) is 30.2 Å². The summed E-state index contributed by atoms with van der Waals surface area (Å²) in [6, 6.07) is 9.05. The van der Waals surface area contributed by atoms with E-state index in [1.807, 2.05) is 19.1 Å². The van der Waals surface area contributed by atoms with Crippen molar-refractivity contribution in [2.24, 2.45) is 0 Å². The lowest BCUT2D eigenvalue weighted by atomic mass is 10.1. The van der Waals surface area contributed by atoms with Gasteiger partial charge in [-0.2, -0.15) is 13.2 Å². The first kappa shape index (κ1) is 19.2. The SMILES string of the molecule is CCc1ccc(NC(=O)COc2ccc([N+](=O)[O-])cc2C(F)(F)F)cc1. The number of nitrogens with one attached hydrogen (secondary N) is 1. The van der Waals surface area contributed by atoms with Crippen LogP contribution in [0.15, 0.2) is 42.5 Å². The van der Waals surface area contributed by atoms with Gasteiger partial charge in [0.1, 0.15) is 11.3 Å². The Morgan fingerprint density at radius 3 is 2.38 bits per heavy atom. The van der Waals surface area contributed by atoms with Crippen LogP contribution >= 0.6 is 0 Å². The Kier molecular flexibility index (Phi) is 5.81. The zero-order chi connectivity index (χ0) is 19.3. The van der Waals surface area contributed by atoms with Gasteiger partial charge in [0.25, 0.3) is 11.6 Å². The largest absolute Gasteiger partial charge is 0.483 e. The molecule has 0 heterocycles. The summed E-state index contributed by atoms with van der Waals surface area (Å²) >= 11 is 0. The van der Waals surface area contributed by atoms with Crippen LogP contribution in [0, 0.1) is 10.1 Å². The fourth-order valence-electron chi connectivity index (χ4n) is 2.14. The molecule has 0 unspecified atom stereocenters. The van der Waals surface area contributed by atoms with Crippen molar-refractivity contribution >= 4 is 17.3 Å². The van der Waals surface area contributed by atoms with E-state index >= 15 is 0 Å². The number of aryl methyl sites for hydroxylation is 1. The van der Waals surface area contributed by atoms with Gasteiger partial charge in [0, 0.05) is 17.8 Å². The van der Waals surface area contributed by atoms with E-state index in [9.17, 15) is 28.1 Å². The Bertz CT molecular complexity index is 805. The predicted octanol–water partition coefficient (Wildman–Crippen LogP) is 4.19. The first-order valence-corrected chi connectivity index (χ1v) is 7.58. The first-order chi connectivity index (χ1) is 12.2. The van der Waals surface area contributed by atoms with Gasteiger partial charge in [0.2, 0.25) is 0 Å². The second kappa shape index (κ2) is 7.85. The predicted molar refractivity (Wildman–Crippen MR) is 88.0 cm³/mol. The second-order valence-corrected chi connectivity index (χ2v) is 5.32.